The summed E-state index contributed by atoms with van der Waals surface area (Å²) >= 11 is 0. The minimum absolute atomic E-state index is 0.212. The first-order chi connectivity index (χ1) is 15.6. The van der Waals surface area contributed by atoms with E-state index >= 15 is 0 Å². The maximum atomic E-state index is 9.01. The summed E-state index contributed by atoms with van der Waals surface area (Å²) in [5.41, 5.74) is 5.14. The first kappa shape index (κ1) is 20.4. The fraction of sp³-hybridized carbons (Fsp3) is 0.360. The number of ether oxygens (including phenoxy) is 2. The molecule has 0 radical (unpaired) electrons. The van der Waals surface area contributed by atoms with E-state index in [1.807, 2.05) is 41.2 Å². The molecular formula is C25H27N5O2. The Labute approximate surface area is 188 Å². The molecule has 3 heterocycles. The summed E-state index contributed by atoms with van der Waals surface area (Å²) < 4.78 is 12.9. The quantitative estimate of drug-likeness (QED) is 0.658. The Bertz CT molecular complexity index is 1140. The van der Waals surface area contributed by atoms with Crippen molar-refractivity contribution in [1.82, 2.24) is 15.1 Å². The van der Waals surface area contributed by atoms with Crippen molar-refractivity contribution < 1.29 is 9.47 Å². The van der Waals surface area contributed by atoms with Crippen LogP contribution in [0.15, 0.2) is 48.7 Å². The van der Waals surface area contributed by atoms with Gasteiger partial charge in [0.05, 0.1) is 23.5 Å². The Morgan fingerprint density at radius 1 is 1.06 bits per heavy atom. The Kier molecular flexibility index (Phi) is 5.46. The van der Waals surface area contributed by atoms with E-state index in [0.29, 0.717) is 18.4 Å². The van der Waals surface area contributed by atoms with Crippen LogP contribution in [0.2, 0.25) is 0 Å². The minimum atomic E-state index is 0.212. The molecule has 0 bridgehead atoms. The number of nitriles is 1. The third kappa shape index (κ3) is 3.90. The maximum Gasteiger partial charge on any atom is 0.231 e. The second-order valence-electron chi connectivity index (χ2n) is 8.44. The van der Waals surface area contributed by atoms with Gasteiger partial charge in [0.1, 0.15) is 0 Å². The monoisotopic (exact) mass is 429 g/mol. The fourth-order valence-electron chi connectivity index (χ4n) is 4.61. The van der Waals surface area contributed by atoms with Crippen LogP contribution in [0.3, 0.4) is 0 Å². The van der Waals surface area contributed by atoms with Crippen LogP contribution in [0.4, 0.5) is 5.69 Å². The molecule has 1 fully saturated rings. The molecule has 7 heteroatoms. The molecule has 7 nitrogen and oxygen atoms in total. The van der Waals surface area contributed by atoms with Gasteiger partial charge in [0.2, 0.25) is 6.79 Å². The van der Waals surface area contributed by atoms with Gasteiger partial charge in [0.15, 0.2) is 11.5 Å². The standard InChI is InChI=1S/C25H27N5O2/c1-17(23-15-27-30(18(23)2)21-5-3-19(14-26)4-6-21)28-20-9-11-29(12-10-20)22-7-8-24-25(13-22)32-16-31-24/h3-8,13,15,17,20,28H,9-12,16H2,1-2H3/t17-/m0/s1. The number of rotatable bonds is 5. The zero-order valence-corrected chi connectivity index (χ0v) is 18.4. The lowest BCUT2D eigenvalue weighted by molar-refractivity contribution is 0.174. The van der Waals surface area contributed by atoms with E-state index in [1.165, 1.54) is 11.3 Å². The first-order valence-corrected chi connectivity index (χ1v) is 11.1. The molecule has 1 aromatic heterocycles. The summed E-state index contributed by atoms with van der Waals surface area (Å²) in [6, 6.07) is 16.6. The summed E-state index contributed by atoms with van der Waals surface area (Å²) in [5, 5.41) is 17.4. The van der Waals surface area contributed by atoms with Crippen molar-refractivity contribution in [3.05, 3.63) is 65.5 Å². The zero-order chi connectivity index (χ0) is 22.1. The predicted octanol–water partition coefficient (Wildman–Crippen LogP) is 4.10. The van der Waals surface area contributed by atoms with E-state index < -0.39 is 0 Å². The van der Waals surface area contributed by atoms with Gasteiger partial charge in [-0.2, -0.15) is 10.4 Å². The molecule has 1 atom stereocenters. The molecule has 1 saturated heterocycles. The average molecular weight is 430 g/mol. The summed E-state index contributed by atoms with van der Waals surface area (Å²) in [7, 11) is 0. The minimum Gasteiger partial charge on any atom is -0.454 e. The van der Waals surface area contributed by atoms with Crippen LogP contribution in [0.1, 0.15) is 42.6 Å². The van der Waals surface area contributed by atoms with Gasteiger partial charge in [-0.25, -0.2) is 4.68 Å². The summed E-state index contributed by atoms with van der Waals surface area (Å²) in [4.78, 5) is 2.42. The second kappa shape index (κ2) is 8.56. The first-order valence-electron chi connectivity index (χ1n) is 11.1. The Morgan fingerprint density at radius 2 is 1.78 bits per heavy atom. The average Bonchev–Trinajstić information content (AvgIpc) is 3.45. The lowest BCUT2D eigenvalue weighted by Crippen LogP contribution is -2.43. The van der Waals surface area contributed by atoms with Crippen molar-refractivity contribution in [2.24, 2.45) is 0 Å². The van der Waals surface area contributed by atoms with Gasteiger partial charge in [0, 0.05) is 48.2 Å². The number of hydrogen-bond donors (Lipinski definition) is 1. The number of benzene rings is 2. The molecule has 2 aliphatic heterocycles. The van der Waals surface area contributed by atoms with Crippen molar-refractivity contribution in [2.45, 2.75) is 38.8 Å². The van der Waals surface area contributed by atoms with E-state index in [4.69, 9.17) is 14.7 Å². The van der Waals surface area contributed by atoms with E-state index in [1.54, 1.807) is 0 Å². The molecule has 0 unspecified atom stereocenters. The van der Waals surface area contributed by atoms with Crippen LogP contribution < -0.4 is 19.7 Å². The number of anilines is 1. The Hall–Kier alpha value is -3.50. The van der Waals surface area contributed by atoms with Crippen molar-refractivity contribution in [3.63, 3.8) is 0 Å². The fourth-order valence-corrected chi connectivity index (χ4v) is 4.61. The van der Waals surface area contributed by atoms with Crippen molar-refractivity contribution >= 4 is 5.69 Å². The highest BCUT2D eigenvalue weighted by Gasteiger charge is 2.24. The highest BCUT2D eigenvalue weighted by Crippen LogP contribution is 2.36. The number of piperidine rings is 1. The molecule has 32 heavy (non-hydrogen) atoms. The highest BCUT2D eigenvalue weighted by atomic mass is 16.7. The lowest BCUT2D eigenvalue weighted by Gasteiger charge is -2.35. The second-order valence-corrected chi connectivity index (χ2v) is 8.44. The maximum absolute atomic E-state index is 9.01. The molecule has 0 aliphatic carbocycles. The molecule has 0 saturated carbocycles. The van der Waals surface area contributed by atoms with Crippen molar-refractivity contribution in [1.29, 1.82) is 5.26 Å². The van der Waals surface area contributed by atoms with Crippen LogP contribution in [0.25, 0.3) is 5.69 Å². The molecule has 2 aliphatic rings. The molecule has 3 aromatic rings. The van der Waals surface area contributed by atoms with Crippen molar-refractivity contribution in [2.75, 3.05) is 24.8 Å². The number of nitrogens with one attached hydrogen (secondary N) is 1. The molecule has 1 N–H and O–H groups in total. The largest absolute Gasteiger partial charge is 0.454 e. The normalized spacial score (nSPS) is 16.7. The van der Waals surface area contributed by atoms with Crippen LogP contribution in [0.5, 0.6) is 11.5 Å². The predicted molar refractivity (Wildman–Crippen MR) is 122 cm³/mol. The van der Waals surface area contributed by atoms with E-state index in [0.717, 1.165) is 48.8 Å². The van der Waals surface area contributed by atoms with Crippen molar-refractivity contribution in [3.8, 4) is 23.3 Å². The van der Waals surface area contributed by atoms with Gasteiger partial charge in [0.25, 0.3) is 0 Å². The molecule has 5 rings (SSSR count). The smallest absolute Gasteiger partial charge is 0.231 e. The van der Waals surface area contributed by atoms with E-state index in [-0.39, 0.29) is 6.04 Å². The van der Waals surface area contributed by atoms with Crippen LogP contribution in [-0.2, 0) is 0 Å². The summed E-state index contributed by atoms with van der Waals surface area (Å²) in [6.07, 6.45) is 4.12. The van der Waals surface area contributed by atoms with Gasteiger partial charge in [-0.3, -0.25) is 0 Å². The summed E-state index contributed by atoms with van der Waals surface area (Å²) in [6.45, 7) is 6.63. The molecule has 0 spiro atoms. The van der Waals surface area contributed by atoms with Gasteiger partial charge in [-0.15, -0.1) is 0 Å². The van der Waals surface area contributed by atoms with Gasteiger partial charge < -0.3 is 19.7 Å². The van der Waals surface area contributed by atoms with Crippen LogP contribution in [0, 0.1) is 18.3 Å². The highest BCUT2D eigenvalue weighted by molar-refractivity contribution is 5.57. The number of nitrogens with zero attached hydrogens (tertiary/aromatic N) is 4. The van der Waals surface area contributed by atoms with Gasteiger partial charge in [-0.1, -0.05) is 0 Å². The zero-order valence-electron chi connectivity index (χ0n) is 18.4. The van der Waals surface area contributed by atoms with E-state index in [2.05, 4.69) is 47.4 Å². The topological polar surface area (TPSA) is 75.3 Å². The Morgan fingerprint density at radius 3 is 2.53 bits per heavy atom. The number of hydrogen-bond acceptors (Lipinski definition) is 6. The van der Waals surface area contributed by atoms with Crippen LogP contribution in [-0.4, -0.2) is 35.7 Å². The lowest BCUT2D eigenvalue weighted by atomic mass is 10.0. The molecular weight excluding hydrogens is 402 g/mol. The SMILES string of the molecule is Cc1c([C@H](C)NC2CCN(c3ccc4c(c3)OCO4)CC2)cnn1-c1ccc(C#N)cc1. The molecule has 2 aromatic carbocycles. The number of aromatic nitrogens is 2. The summed E-state index contributed by atoms with van der Waals surface area (Å²) in [5.74, 6) is 1.67. The molecule has 0 amide bonds. The van der Waals surface area contributed by atoms with Gasteiger partial charge >= 0.3 is 0 Å². The molecule has 164 valence electrons. The Balaban J connectivity index is 1.20. The number of fused-ring (bicyclic) bond motifs is 1. The van der Waals surface area contributed by atoms with E-state index in [9.17, 15) is 0 Å². The third-order valence-electron chi connectivity index (χ3n) is 6.46. The third-order valence-corrected chi connectivity index (χ3v) is 6.46. The van der Waals surface area contributed by atoms with Gasteiger partial charge in [-0.05, 0) is 63.1 Å². The van der Waals surface area contributed by atoms with Crippen LogP contribution >= 0.6 is 0 Å².